The molecule has 3 aromatic rings. The van der Waals surface area contributed by atoms with E-state index in [1.807, 2.05) is 55.5 Å². The molecule has 31 heavy (non-hydrogen) atoms. The third kappa shape index (κ3) is 4.78. The minimum absolute atomic E-state index is 0.227. The van der Waals surface area contributed by atoms with Gasteiger partial charge in [0.25, 0.3) is 5.91 Å². The largest absolute Gasteiger partial charge is 0.443 e. The molecule has 1 fully saturated rings. The van der Waals surface area contributed by atoms with E-state index in [0.29, 0.717) is 37.6 Å². The fraction of sp³-hybridized carbons (Fsp3) is 0.273. The van der Waals surface area contributed by atoms with Gasteiger partial charge in [0.15, 0.2) is 17.8 Å². The summed E-state index contributed by atoms with van der Waals surface area (Å²) in [5.41, 5.74) is 3.75. The van der Waals surface area contributed by atoms with E-state index in [-0.39, 0.29) is 11.6 Å². The molecule has 0 bridgehead atoms. The Morgan fingerprint density at radius 2 is 1.65 bits per heavy atom. The molecule has 9 heteroatoms. The van der Waals surface area contributed by atoms with Gasteiger partial charge in [0.2, 0.25) is 10.0 Å². The molecule has 0 radical (unpaired) electrons. The number of nitrogens with one attached hydrogen (secondary N) is 1. The highest BCUT2D eigenvalue weighted by Crippen LogP contribution is 2.25. The number of aryl methyl sites for hydroxylation is 1. The van der Waals surface area contributed by atoms with Crippen molar-refractivity contribution in [2.45, 2.75) is 6.92 Å². The minimum Gasteiger partial charge on any atom is -0.443 e. The van der Waals surface area contributed by atoms with Crippen molar-refractivity contribution in [3.05, 3.63) is 66.2 Å². The Morgan fingerprint density at radius 3 is 2.26 bits per heavy atom. The first-order valence-electron chi connectivity index (χ1n) is 9.93. The van der Waals surface area contributed by atoms with Crippen LogP contribution in [-0.2, 0) is 10.0 Å². The molecular formula is C22H24N4O4S. The Kier molecular flexibility index (Phi) is 5.79. The van der Waals surface area contributed by atoms with Gasteiger partial charge in [-0.3, -0.25) is 4.79 Å². The van der Waals surface area contributed by atoms with Crippen LogP contribution in [0.1, 0.15) is 16.1 Å². The van der Waals surface area contributed by atoms with E-state index in [1.165, 1.54) is 17.0 Å². The van der Waals surface area contributed by atoms with Crippen LogP contribution < -0.4 is 10.2 Å². The number of oxazole rings is 1. The van der Waals surface area contributed by atoms with Gasteiger partial charge in [-0.15, -0.1) is 0 Å². The molecule has 0 atom stereocenters. The number of hydrogen-bond acceptors (Lipinski definition) is 6. The van der Waals surface area contributed by atoms with Crippen LogP contribution in [0.4, 0.5) is 11.4 Å². The number of anilines is 2. The van der Waals surface area contributed by atoms with Gasteiger partial charge in [0, 0.05) is 43.1 Å². The topological polar surface area (TPSA) is 95.8 Å². The van der Waals surface area contributed by atoms with Gasteiger partial charge in [0.05, 0.1) is 6.26 Å². The van der Waals surface area contributed by atoms with Gasteiger partial charge in [0.1, 0.15) is 0 Å². The highest BCUT2D eigenvalue weighted by atomic mass is 32.2. The average molecular weight is 441 g/mol. The van der Waals surface area contributed by atoms with Crippen molar-refractivity contribution in [3.8, 4) is 11.3 Å². The highest BCUT2D eigenvalue weighted by Gasteiger charge is 2.23. The summed E-state index contributed by atoms with van der Waals surface area (Å²) in [6.07, 6.45) is 2.50. The smallest absolute Gasteiger partial charge is 0.278 e. The summed E-state index contributed by atoms with van der Waals surface area (Å²) in [5, 5.41) is 2.86. The van der Waals surface area contributed by atoms with Gasteiger partial charge in [-0.25, -0.2) is 13.4 Å². The lowest BCUT2D eigenvalue weighted by atomic mass is 10.1. The summed E-state index contributed by atoms with van der Waals surface area (Å²) >= 11 is 0. The predicted octanol–water partition coefficient (Wildman–Crippen LogP) is 2.98. The van der Waals surface area contributed by atoms with Crippen LogP contribution in [0.25, 0.3) is 11.3 Å². The average Bonchev–Trinajstić information content (AvgIpc) is 3.24. The van der Waals surface area contributed by atoms with Crippen molar-refractivity contribution in [3.63, 3.8) is 0 Å². The van der Waals surface area contributed by atoms with Crippen LogP contribution in [0, 0.1) is 6.92 Å². The van der Waals surface area contributed by atoms with E-state index in [2.05, 4.69) is 15.2 Å². The number of benzene rings is 2. The quantitative estimate of drug-likeness (QED) is 0.655. The molecule has 0 unspecified atom stereocenters. The van der Waals surface area contributed by atoms with Crippen molar-refractivity contribution in [1.29, 1.82) is 0 Å². The maximum Gasteiger partial charge on any atom is 0.278 e. The molecule has 0 saturated carbocycles. The molecule has 1 aliphatic heterocycles. The Labute approximate surface area is 181 Å². The van der Waals surface area contributed by atoms with Crippen LogP contribution in [0.2, 0.25) is 0 Å². The number of carbonyl (C=O) groups is 1. The van der Waals surface area contributed by atoms with Crippen molar-refractivity contribution in [1.82, 2.24) is 9.29 Å². The lowest BCUT2D eigenvalue weighted by molar-refractivity contribution is 0.102. The van der Waals surface area contributed by atoms with Gasteiger partial charge in [-0.1, -0.05) is 29.8 Å². The zero-order valence-corrected chi connectivity index (χ0v) is 18.2. The number of nitrogens with zero attached hydrogens (tertiary/aromatic N) is 3. The SMILES string of the molecule is Cc1ccc(-c2ocnc2C(=O)Nc2ccc(N3CCN(S(C)(=O)=O)CC3)cc2)cc1. The molecule has 2 heterocycles. The molecule has 8 nitrogen and oxygen atoms in total. The van der Waals surface area contributed by atoms with Crippen molar-refractivity contribution < 1.29 is 17.6 Å². The predicted molar refractivity (Wildman–Crippen MR) is 120 cm³/mol. The van der Waals surface area contributed by atoms with Crippen LogP contribution >= 0.6 is 0 Å². The lowest BCUT2D eigenvalue weighted by Gasteiger charge is -2.34. The summed E-state index contributed by atoms with van der Waals surface area (Å²) in [4.78, 5) is 19.0. The highest BCUT2D eigenvalue weighted by molar-refractivity contribution is 7.88. The molecular weight excluding hydrogens is 416 g/mol. The van der Waals surface area contributed by atoms with Crippen molar-refractivity contribution in [2.75, 3.05) is 42.7 Å². The van der Waals surface area contributed by atoms with Crippen molar-refractivity contribution in [2.24, 2.45) is 0 Å². The second kappa shape index (κ2) is 8.52. The first-order chi connectivity index (χ1) is 14.8. The normalized spacial score (nSPS) is 15.1. The zero-order valence-electron chi connectivity index (χ0n) is 17.4. The zero-order chi connectivity index (χ0) is 22.0. The first kappa shape index (κ1) is 21.1. The van der Waals surface area contributed by atoms with E-state index in [4.69, 9.17) is 4.42 Å². The number of piperazine rings is 1. The van der Waals surface area contributed by atoms with Crippen LogP contribution in [0.3, 0.4) is 0 Å². The first-order valence-corrected chi connectivity index (χ1v) is 11.8. The fourth-order valence-electron chi connectivity index (χ4n) is 3.54. The number of hydrogen-bond donors (Lipinski definition) is 1. The molecule has 1 aliphatic rings. The Hall–Kier alpha value is -3.17. The Bertz CT molecular complexity index is 1160. The Balaban J connectivity index is 1.42. The molecule has 1 saturated heterocycles. The summed E-state index contributed by atoms with van der Waals surface area (Å²) in [6, 6.07) is 15.2. The maximum atomic E-state index is 12.7. The van der Waals surface area contributed by atoms with Crippen molar-refractivity contribution >= 4 is 27.3 Å². The van der Waals surface area contributed by atoms with Crippen LogP contribution in [0.15, 0.2) is 59.3 Å². The minimum atomic E-state index is -3.15. The van der Waals surface area contributed by atoms with Gasteiger partial charge in [-0.2, -0.15) is 4.31 Å². The third-order valence-electron chi connectivity index (χ3n) is 5.29. The molecule has 4 rings (SSSR count). The summed E-state index contributed by atoms with van der Waals surface area (Å²) < 4.78 is 30.3. The third-order valence-corrected chi connectivity index (χ3v) is 6.60. The molecule has 1 aromatic heterocycles. The second-order valence-electron chi connectivity index (χ2n) is 7.55. The van der Waals surface area contributed by atoms with E-state index in [1.54, 1.807) is 0 Å². The number of rotatable bonds is 5. The summed E-state index contributed by atoms with van der Waals surface area (Å²) in [5.74, 6) is 0.0803. The van der Waals surface area contributed by atoms with Gasteiger partial charge >= 0.3 is 0 Å². The Morgan fingerprint density at radius 1 is 1.00 bits per heavy atom. The molecule has 162 valence electrons. The summed E-state index contributed by atoms with van der Waals surface area (Å²) in [6.45, 7) is 4.17. The van der Waals surface area contributed by atoms with Crippen LogP contribution in [0.5, 0.6) is 0 Å². The standard InChI is InChI=1S/C22H24N4O4S/c1-16-3-5-17(6-4-16)21-20(23-15-30-21)22(27)24-18-7-9-19(10-8-18)25-11-13-26(14-12-25)31(2,28)29/h3-10,15H,11-14H2,1-2H3,(H,24,27). The monoisotopic (exact) mass is 440 g/mol. The van der Waals surface area contributed by atoms with E-state index in [9.17, 15) is 13.2 Å². The number of carbonyl (C=O) groups excluding carboxylic acids is 1. The number of amides is 1. The molecule has 1 amide bonds. The van der Waals surface area contributed by atoms with Crippen LogP contribution in [-0.4, -0.2) is 56.0 Å². The number of aromatic nitrogens is 1. The number of sulfonamides is 1. The van der Waals surface area contributed by atoms with Gasteiger partial charge < -0.3 is 14.6 Å². The summed E-state index contributed by atoms with van der Waals surface area (Å²) in [7, 11) is -3.15. The molecule has 1 N–H and O–H groups in total. The fourth-order valence-corrected chi connectivity index (χ4v) is 4.37. The van der Waals surface area contributed by atoms with E-state index < -0.39 is 10.0 Å². The molecule has 2 aromatic carbocycles. The van der Waals surface area contributed by atoms with E-state index in [0.717, 1.165) is 16.8 Å². The lowest BCUT2D eigenvalue weighted by Crippen LogP contribution is -2.48. The maximum absolute atomic E-state index is 12.7. The molecule has 0 aliphatic carbocycles. The van der Waals surface area contributed by atoms with E-state index >= 15 is 0 Å². The molecule has 0 spiro atoms. The van der Waals surface area contributed by atoms with Gasteiger partial charge in [-0.05, 0) is 31.2 Å². The second-order valence-corrected chi connectivity index (χ2v) is 9.53.